The molecule has 2 aromatic rings. The average molecular weight is 316 g/mol. The second-order valence-corrected chi connectivity index (χ2v) is 5.67. The zero-order valence-electron chi connectivity index (χ0n) is 13.0. The maximum atomic E-state index is 11.8. The Morgan fingerprint density at radius 1 is 1.30 bits per heavy atom. The maximum absolute atomic E-state index is 11.8. The smallest absolute Gasteiger partial charge is 0.319 e. The lowest BCUT2D eigenvalue weighted by atomic mass is 10.3. The van der Waals surface area contributed by atoms with E-state index in [2.05, 4.69) is 20.9 Å². The van der Waals surface area contributed by atoms with Crippen molar-refractivity contribution >= 4 is 28.7 Å². The Bertz CT molecular complexity index is 721. The van der Waals surface area contributed by atoms with Crippen molar-refractivity contribution in [1.29, 1.82) is 0 Å². The van der Waals surface area contributed by atoms with Crippen molar-refractivity contribution in [3.05, 3.63) is 24.1 Å². The molecule has 0 atom stereocenters. The number of amides is 3. The van der Waals surface area contributed by atoms with Crippen LogP contribution in [0.1, 0.15) is 38.0 Å². The first-order valence-electron chi connectivity index (χ1n) is 7.87. The summed E-state index contributed by atoms with van der Waals surface area (Å²) in [7, 11) is 0. The zero-order chi connectivity index (χ0) is 16.2. The Balaban J connectivity index is 1.55. The van der Waals surface area contributed by atoms with Crippen LogP contribution in [0.15, 0.2) is 22.6 Å². The van der Waals surface area contributed by atoms with Crippen LogP contribution >= 0.6 is 0 Å². The normalized spacial score (nSPS) is 13.8. The molecule has 122 valence electrons. The molecule has 3 amide bonds. The second-order valence-electron chi connectivity index (χ2n) is 5.67. The maximum Gasteiger partial charge on any atom is 0.319 e. The molecule has 0 unspecified atom stereocenters. The molecule has 1 saturated carbocycles. The minimum absolute atomic E-state index is 0.0517. The van der Waals surface area contributed by atoms with Gasteiger partial charge in [0.15, 0.2) is 11.5 Å². The predicted octanol–water partition coefficient (Wildman–Crippen LogP) is 2.35. The molecule has 3 N–H and O–H groups in total. The highest BCUT2D eigenvalue weighted by atomic mass is 16.3. The van der Waals surface area contributed by atoms with Gasteiger partial charge in [-0.05, 0) is 37.5 Å². The van der Waals surface area contributed by atoms with Crippen LogP contribution < -0.4 is 16.0 Å². The third-order valence-corrected chi connectivity index (χ3v) is 3.57. The van der Waals surface area contributed by atoms with Gasteiger partial charge in [0.2, 0.25) is 5.91 Å². The van der Waals surface area contributed by atoms with Crippen LogP contribution in [0.2, 0.25) is 0 Å². The van der Waals surface area contributed by atoms with Gasteiger partial charge >= 0.3 is 6.03 Å². The summed E-state index contributed by atoms with van der Waals surface area (Å²) in [6, 6.07) is 4.88. The summed E-state index contributed by atoms with van der Waals surface area (Å²) in [6.45, 7) is 2.52. The summed E-state index contributed by atoms with van der Waals surface area (Å²) in [5.41, 5.74) is 2.06. The molecule has 1 aromatic carbocycles. The number of carbonyl (C=O) groups is 2. The molecule has 1 fully saturated rings. The van der Waals surface area contributed by atoms with Crippen molar-refractivity contribution in [2.24, 2.45) is 0 Å². The van der Waals surface area contributed by atoms with Crippen LogP contribution in [-0.2, 0) is 4.79 Å². The molecule has 7 nitrogen and oxygen atoms in total. The number of nitrogens with zero attached hydrogens (tertiary/aromatic N) is 1. The number of anilines is 1. The first-order valence-corrected chi connectivity index (χ1v) is 7.87. The first-order chi connectivity index (χ1) is 11.2. The van der Waals surface area contributed by atoms with Gasteiger partial charge in [0, 0.05) is 18.2 Å². The van der Waals surface area contributed by atoms with E-state index < -0.39 is 6.03 Å². The van der Waals surface area contributed by atoms with Crippen LogP contribution in [0.4, 0.5) is 10.5 Å². The molecular formula is C16H20N4O3. The van der Waals surface area contributed by atoms with E-state index in [-0.39, 0.29) is 12.5 Å². The van der Waals surface area contributed by atoms with E-state index in [1.54, 1.807) is 18.2 Å². The summed E-state index contributed by atoms with van der Waals surface area (Å²) in [5, 5.41) is 7.89. The van der Waals surface area contributed by atoms with Crippen molar-refractivity contribution in [3.63, 3.8) is 0 Å². The predicted molar refractivity (Wildman–Crippen MR) is 86.3 cm³/mol. The molecule has 0 radical (unpaired) electrons. The third-order valence-electron chi connectivity index (χ3n) is 3.57. The fraction of sp³-hybridized carbons (Fsp3) is 0.438. The number of hydrogen-bond donors (Lipinski definition) is 3. The van der Waals surface area contributed by atoms with Gasteiger partial charge in [-0.15, -0.1) is 0 Å². The fourth-order valence-corrected chi connectivity index (χ4v) is 2.19. The minimum atomic E-state index is -0.429. The molecule has 0 saturated heterocycles. The lowest BCUT2D eigenvalue weighted by Gasteiger charge is -2.07. The summed E-state index contributed by atoms with van der Waals surface area (Å²) in [4.78, 5) is 27.7. The number of rotatable bonds is 6. The van der Waals surface area contributed by atoms with E-state index in [0.717, 1.165) is 36.3 Å². The van der Waals surface area contributed by atoms with Crippen LogP contribution in [0, 0.1) is 0 Å². The number of aromatic nitrogens is 1. The number of carbonyl (C=O) groups excluding carboxylic acids is 2. The molecular weight excluding hydrogens is 296 g/mol. The molecule has 23 heavy (non-hydrogen) atoms. The van der Waals surface area contributed by atoms with Crippen molar-refractivity contribution < 1.29 is 14.0 Å². The molecule has 3 rings (SSSR count). The topological polar surface area (TPSA) is 96.3 Å². The number of nitrogens with one attached hydrogen (secondary N) is 3. The van der Waals surface area contributed by atoms with E-state index in [1.165, 1.54) is 0 Å². The van der Waals surface area contributed by atoms with Gasteiger partial charge in [-0.2, -0.15) is 0 Å². The zero-order valence-corrected chi connectivity index (χ0v) is 13.0. The Hall–Kier alpha value is -2.57. The van der Waals surface area contributed by atoms with Crippen LogP contribution in [0.25, 0.3) is 11.1 Å². The summed E-state index contributed by atoms with van der Waals surface area (Å²) in [5.74, 6) is 1.01. The Labute approximate surface area is 133 Å². The highest BCUT2D eigenvalue weighted by Gasteiger charge is 2.28. The number of benzene rings is 1. The van der Waals surface area contributed by atoms with E-state index in [9.17, 15) is 9.59 Å². The lowest BCUT2D eigenvalue weighted by molar-refractivity contribution is -0.120. The van der Waals surface area contributed by atoms with E-state index >= 15 is 0 Å². The van der Waals surface area contributed by atoms with Gasteiger partial charge in [-0.1, -0.05) is 6.92 Å². The molecule has 1 aliphatic carbocycles. The van der Waals surface area contributed by atoms with Crippen molar-refractivity contribution in [2.75, 3.05) is 18.4 Å². The minimum Gasteiger partial charge on any atom is -0.440 e. The third kappa shape index (κ3) is 4.00. The largest absolute Gasteiger partial charge is 0.440 e. The first kappa shape index (κ1) is 15.3. The van der Waals surface area contributed by atoms with Gasteiger partial charge in [-0.3, -0.25) is 4.79 Å². The van der Waals surface area contributed by atoms with Crippen molar-refractivity contribution in [3.8, 4) is 0 Å². The highest BCUT2D eigenvalue weighted by Crippen LogP contribution is 2.40. The highest BCUT2D eigenvalue weighted by molar-refractivity contribution is 5.93. The molecule has 1 heterocycles. The molecule has 0 bridgehead atoms. The summed E-state index contributed by atoms with van der Waals surface area (Å²) in [6.07, 6.45) is 3.11. The quantitative estimate of drug-likeness (QED) is 0.762. The second kappa shape index (κ2) is 6.68. The fourth-order valence-electron chi connectivity index (χ4n) is 2.19. The average Bonchev–Trinajstić information content (AvgIpc) is 3.30. The van der Waals surface area contributed by atoms with Gasteiger partial charge in [-0.25, -0.2) is 9.78 Å². The number of urea groups is 1. The Morgan fingerprint density at radius 3 is 2.87 bits per heavy atom. The molecule has 7 heteroatoms. The number of fused-ring (bicyclic) bond motifs is 1. The molecule has 0 aliphatic heterocycles. The van der Waals surface area contributed by atoms with Crippen LogP contribution in [-0.4, -0.2) is 30.0 Å². The SMILES string of the molecule is CCCNC(=O)CNC(=O)Nc1ccc2oc(C3CC3)nc2c1. The number of oxazole rings is 1. The molecule has 0 spiro atoms. The van der Waals surface area contributed by atoms with Gasteiger partial charge in [0.1, 0.15) is 5.52 Å². The van der Waals surface area contributed by atoms with E-state index in [1.807, 2.05) is 6.92 Å². The van der Waals surface area contributed by atoms with Gasteiger partial charge < -0.3 is 20.4 Å². The van der Waals surface area contributed by atoms with Crippen LogP contribution in [0.5, 0.6) is 0 Å². The summed E-state index contributed by atoms with van der Waals surface area (Å²) < 4.78 is 5.68. The monoisotopic (exact) mass is 316 g/mol. The Morgan fingerprint density at radius 2 is 2.13 bits per heavy atom. The number of hydrogen-bond acceptors (Lipinski definition) is 4. The van der Waals surface area contributed by atoms with Gasteiger partial charge in [0.05, 0.1) is 6.54 Å². The van der Waals surface area contributed by atoms with E-state index in [4.69, 9.17) is 4.42 Å². The lowest BCUT2D eigenvalue weighted by Crippen LogP contribution is -2.39. The molecule has 1 aromatic heterocycles. The van der Waals surface area contributed by atoms with Gasteiger partial charge in [0.25, 0.3) is 0 Å². The standard InChI is InChI=1S/C16H20N4O3/c1-2-7-17-14(21)9-18-16(22)19-11-5-6-13-12(8-11)20-15(23-13)10-3-4-10/h5-6,8,10H,2-4,7,9H2,1H3,(H,17,21)(H2,18,19,22). The molecule has 1 aliphatic rings. The van der Waals surface area contributed by atoms with E-state index in [0.29, 0.717) is 18.2 Å². The Kier molecular flexibility index (Phi) is 4.45. The van der Waals surface area contributed by atoms with Crippen molar-refractivity contribution in [1.82, 2.24) is 15.6 Å². The summed E-state index contributed by atoms with van der Waals surface area (Å²) >= 11 is 0. The van der Waals surface area contributed by atoms with Crippen LogP contribution in [0.3, 0.4) is 0 Å². The van der Waals surface area contributed by atoms with Crippen molar-refractivity contribution in [2.45, 2.75) is 32.1 Å².